The Bertz CT molecular complexity index is 569. The molecule has 4 heteroatoms. The van der Waals surface area contributed by atoms with Gasteiger partial charge in [-0.05, 0) is 30.4 Å². The van der Waals surface area contributed by atoms with Gasteiger partial charge in [-0.15, -0.1) is 0 Å². The Hall–Kier alpha value is -2.02. The van der Waals surface area contributed by atoms with Gasteiger partial charge in [0.1, 0.15) is 5.75 Å². The molecule has 1 saturated heterocycles. The molecule has 22 heavy (non-hydrogen) atoms. The van der Waals surface area contributed by atoms with Crippen LogP contribution in [-0.2, 0) is 4.79 Å². The lowest BCUT2D eigenvalue weighted by Gasteiger charge is -2.19. The molecule has 0 N–H and O–H groups in total. The van der Waals surface area contributed by atoms with Crippen molar-refractivity contribution in [3.8, 4) is 11.8 Å². The lowest BCUT2D eigenvalue weighted by molar-refractivity contribution is -0.130. The smallest absolute Gasteiger partial charge is 0.224 e. The summed E-state index contributed by atoms with van der Waals surface area (Å²) in [6.45, 7) is 5.87. The summed E-state index contributed by atoms with van der Waals surface area (Å²) in [5.41, 5.74) is 1.98. The quantitative estimate of drug-likeness (QED) is 0.837. The standard InChI is InChI=1S/C18H24N2O2/c1-13(2)14-6-7-17(22-3)16(10-14)15(12-19)11-18(21)20-8-4-5-9-20/h6-7,10,13,15H,4-5,8-9,11H2,1-3H3. The predicted molar refractivity (Wildman–Crippen MR) is 85.9 cm³/mol. The first-order valence-corrected chi connectivity index (χ1v) is 7.92. The highest BCUT2D eigenvalue weighted by atomic mass is 16.5. The lowest BCUT2D eigenvalue weighted by Crippen LogP contribution is -2.28. The molecule has 0 saturated carbocycles. The van der Waals surface area contributed by atoms with Crippen LogP contribution in [0.1, 0.15) is 56.1 Å². The van der Waals surface area contributed by atoms with Crippen molar-refractivity contribution in [1.29, 1.82) is 5.26 Å². The molecule has 0 spiro atoms. The van der Waals surface area contributed by atoms with Crippen LogP contribution in [0, 0.1) is 11.3 Å². The molecule has 0 bridgehead atoms. The fraction of sp³-hybridized carbons (Fsp3) is 0.556. The second kappa shape index (κ2) is 7.31. The third-order valence-electron chi connectivity index (χ3n) is 4.29. The number of hydrogen-bond acceptors (Lipinski definition) is 3. The summed E-state index contributed by atoms with van der Waals surface area (Å²) in [5, 5.41) is 9.54. The van der Waals surface area contributed by atoms with Crippen molar-refractivity contribution >= 4 is 5.91 Å². The number of rotatable bonds is 5. The molecule has 4 nitrogen and oxygen atoms in total. The highest BCUT2D eigenvalue weighted by Crippen LogP contribution is 2.32. The Kier molecular flexibility index (Phi) is 5.43. The van der Waals surface area contributed by atoms with Gasteiger partial charge < -0.3 is 9.64 Å². The fourth-order valence-corrected chi connectivity index (χ4v) is 2.88. The van der Waals surface area contributed by atoms with E-state index in [1.165, 1.54) is 0 Å². The number of carbonyl (C=O) groups is 1. The van der Waals surface area contributed by atoms with E-state index in [-0.39, 0.29) is 12.3 Å². The third kappa shape index (κ3) is 3.59. The number of carbonyl (C=O) groups excluding carboxylic acids is 1. The van der Waals surface area contributed by atoms with Gasteiger partial charge in [0.15, 0.2) is 0 Å². The number of hydrogen-bond donors (Lipinski definition) is 0. The highest BCUT2D eigenvalue weighted by Gasteiger charge is 2.25. The number of nitriles is 1. The maximum absolute atomic E-state index is 12.3. The SMILES string of the molecule is COc1ccc(C(C)C)cc1C(C#N)CC(=O)N1CCCC1. The maximum Gasteiger partial charge on any atom is 0.224 e. The topological polar surface area (TPSA) is 53.3 Å². The van der Waals surface area contributed by atoms with E-state index in [1.54, 1.807) is 7.11 Å². The van der Waals surface area contributed by atoms with Gasteiger partial charge in [0, 0.05) is 25.1 Å². The van der Waals surface area contributed by atoms with Crippen LogP contribution < -0.4 is 4.74 Å². The molecule has 1 aliphatic heterocycles. The van der Waals surface area contributed by atoms with Gasteiger partial charge in [-0.25, -0.2) is 0 Å². The first kappa shape index (κ1) is 16.4. The fourth-order valence-electron chi connectivity index (χ4n) is 2.88. The van der Waals surface area contributed by atoms with Gasteiger partial charge >= 0.3 is 0 Å². The third-order valence-corrected chi connectivity index (χ3v) is 4.29. The van der Waals surface area contributed by atoms with E-state index >= 15 is 0 Å². The number of likely N-dealkylation sites (tertiary alicyclic amines) is 1. The number of nitrogens with zero attached hydrogens (tertiary/aromatic N) is 2. The van der Waals surface area contributed by atoms with Crippen LogP contribution in [-0.4, -0.2) is 31.0 Å². The number of methoxy groups -OCH3 is 1. The van der Waals surface area contributed by atoms with Crippen molar-refractivity contribution in [2.45, 2.75) is 44.9 Å². The van der Waals surface area contributed by atoms with Crippen molar-refractivity contribution in [2.24, 2.45) is 0 Å². The summed E-state index contributed by atoms with van der Waals surface area (Å²) in [4.78, 5) is 14.2. The predicted octanol–water partition coefficient (Wildman–Crippen LogP) is 3.44. The van der Waals surface area contributed by atoms with E-state index in [0.29, 0.717) is 11.7 Å². The molecular formula is C18H24N2O2. The zero-order valence-corrected chi connectivity index (χ0v) is 13.6. The average Bonchev–Trinajstić information content (AvgIpc) is 3.06. The Morgan fingerprint density at radius 2 is 2.05 bits per heavy atom. The van der Waals surface area contributed by atoms with E-state index in [2.05, 4.69) is 19.9 Å². The molecule has 1 aromatic carbocycles. The van der Waals surface area contributed by atoms with Crippen molar-refractivity contribution in [1.82, 2.24) is 4.90 Å². The van der Waals surface area contributed by atoms with E-state index in [1.807, 2.05) is 23.1 Å². The highest BCUT2D eigenvalue weighted by molar-refractivity contribution is 5.78. The zero-order valence-electron chi connectivity index (χ0n) is 13.6. The summed E-state index contributed by atoms with van der Waals surface area (Å²) in [6.07, 6.45) is 2.36. The summed E-state index contributed by atoms with van der Waals surface area (Å²) < 4.78 is 5.39. The Balaban J connectivity index is 2.23. The Labute approximate surface area is 132 Å². The number of ether oxygens (including phenoxy) is 1. The van der Waals surface area contributed by atoms with Crippen molar-refractivity contribution < 1.29 is 9.53 Å². The minimum atomic E-state index is -0.457. The van der Waals surface area contributed by atoms with Crippen LogP contribution >= 0.6 is 0 Å². The second-order valence-corrected chi connectivity index (χ2v) is 6.13. The van der Waals surface area contributed by atoms with Gasteiger partial charge in [-0.2, -0.15) is 5.26 Å². The maximum atomic E-state index is 12.3. The molecule has 2 rings (SSSR count). The number of benzene rings is 1. The minimum absolute atomic E-state index is 0.0704. The summed E-state index contributed by atoms with van der Waals surface area (Å²) >= 11 is 0. The van der Waals surface area contributed by atoms with Crippen LogP contribution in [0.2, 0.25) is 0 Å². The Morgan fingerprint density at radius 1 is 1.36 bits per heavy atom. The Morgan fingerprint density at radius 3 is 2.59 bits per heavy atom. The molecule has 1 heterocycles. The summed E-state index contributed by atoms with van der Waals surface area (Å²) in [7, 11) is 1.60. The van der Waals surface area contributed by atoms with Crippen molar-refractivity contribution in [3.05, 3.63) is 29.3 Å². The minimum Gasteiger partial charge on any atom is -0.496 e. The van der Waals surface area contributed by atoms with Gasteiger partial charge in [-0.1, -0.05) is 26.0 Å². The van der Waals surface area contributed by atoms with Crippen LogP contribution in [0.25, 0.3) is 0 Å². The normalized spacial score (nSPS) is 15.7. The van der Waals surface area contributed by atoms with Gasteiger partial charge in [-0.3, -0.25) is 4.79 Å². The van der Waals surface area contributed by atoms with Gasteiger partial charge in [0.2, 0.25) is 5.91 Å². The molecule has 1 unspecified atom stereocenters. The lowest BCUT2D eigenvalue weighted by atomic mass is 9.91. The first-order valence-electron chi connectivity index (χ1n) is 7.92. The molecule has 0 aromatic heterocycles. The van der Waals surface area contributed by atoms with Crippen LogP contribution in [0.5, 0.6) is 5.75 Å². The summed E-state index contributed by atoms with van der Waals surface area (Å²) in [6, 6.07) is 8.21. The first-order chi connectivity index (χ1) is 10.6. The van der Waals surface area contributed by atoms with E-state index in [9.17, 15) is 10.1 Å². The molecule has 1 fully saturated rings. The largest absolute Gasteiger partial charge is 0.496 e. The summed E-state index contributed by atoms with van der Waals surface area (Å²) in [5.74, 6) is 0.672. The molecule has 1 atom stereocenters. The monoisotopic (exact) mass is 300 g/mol. The van der Waals surface area contributed by atoms with E-state index in [0.717, 1.165) is 37.1 Å². The number of amides is 1. The van der Waals surface area contributed by atoms with E-state index < -0.39 is 5.92 Å². The molecular weight excluding hydrogens is 276 g/mol. The van der Waals surface area contributed by atoms with Crippen molar-refractivity contribution in [2.75, 3.05) is 20.2 Å². The molecule has 1 amide bonds. The van der Waals surface area contributed by atoms with Crippen LogP contribution in [0.3, 0.4) is 0 Å². The molecule has 0 aliphatic carbocycles. The molecule has 0 radical (unpaired) electrons. The zero-order chi connectivity index (χ0) is 16.1. The molecule has 1 aromatic rings. The van der Waals surface area contributed by atoms with Crippen molar-refractivity contribution in [3.63, 3.8) is 0 Å². The molecule has 1 aliphatic rings. The van der Waals surface area contributed by atoms with Gasteiger partial charge in [0.25, 0.3) is 0 Å². The molecule has 118 valence electrons. The van der Waals surface area contributed by atoms with Crippen LogP contribution in [0.4, 0.5) is 0 Å². The average molecular weight is 300 g/mol. The second-order valence-electron chi connectivity index (χ2n) is 6.13. The van der Waals surface area contributed by atoms with Crippen LogP contribution in [0.15, 0.2) is 18.2 Å². The van der Waals surface area contributed by atoms with E-state index in [4.69, 9.17) is 4.74 Å². The van der Waals surface area contributed by atoms with Gasteiger partial charge in [0.05, 0.1) is 19.1 Å².